The summed E-state index contributed by atoms with van der Waals surface area (Å²) in [5.74, 6) is 1.71. The summed E-state index contributed by atoms with van der Waals surface area (Å²) in [6, 6.07) is 24.5. The molecule has 1 saturated heterocycles. The van der Waals surface area contributed by atoms with Crippen LogP contribution in [0.2, 0.25) is 0 Å². The maximum Gasteiger partial charge on any atom is 0.165 e. The van der Waals surface area contributed by atoms with Crippen LogP contribution in [0.1, 0.15) is 30.0 Å². The molecule has 1 aromatic heterocycles. The highest BCUT2D eigenvalue weighted by Crippen LogP contribution is 2.39. The molecule has 4 nitrogen and oxygen atoms in total. The first kappa shape index (κ1) is 17.7. The van der Waals surface area contributed by atoms with Crippen molar-refractivity contribution in [3.8, 4) is 17.1 Å². The van der Waals surface area contributed by atoms with Gasteiger partial charge in [-0.25, -0.2) is 9.97 Å². The number of phenolic OH excluding ortho intramolecular Hbond substituents is 1. The van der Waals surface area contributed by atoms with Crippen LogP contribution in [0.15, 0.2) is 72.8 Å². The predicted octanol–water partition coefficient (Wildman–Crippen LogP) is 5.65. The molecule has 0 aliphatic carbocycles. The fourth-order valence-corrected chi connectivity index (χ4v) is 4.27. The van der Waals surface area contributed by atoms with E-state index in [1.165, 1.54) is 5.56 Å². The van der Waals surface area contributed by atoms with Gasteiger partial charge >= 0.3 is 0 Å². The van der Waals surface area contributed by atoms with Gasteiger partial charge < -0.3 is 10.0 Å². The van der Waals surface area contributed by atoms with Gasteiger partial charge in [0.25, 0.3) is 0 Å². The molecule has 1 aliphatic heterocycles. The highest BCUT2D eigenvalue weighted by Gasteiger charge is 2.29. The molecule has 4 aromatic rings. The second-order valence-electron chi connectivity index (χ2n) is 7.67. The number of phenols is 1. The predicted molar refractivity (Wildman–Crippen MR) is 117 cm³/mol. The van der Waals surface area contributed by atoms with Crippen molar-refractivity contribution in [1.29, 1.82) is 0 Å². The maximum atomic E-state index is 10.4. The van der Waals surface area contributed by atoms with Crippen LogP contribution in [0, 0.1) is 6.92 Å². The Morgan fingerprint density at radius 2 is 1.72 bits per heavy atom. The van der Waals surface area contributed by atoms with E-state index in [2.05, 4.69) is 60.4 Å². The number of hydrogen-bond donors (Lipinski definition) is 1. The Balaban J connectivity index is 1.71. The van der Waals surface area contributed by atoms with E-state index in [0.717, 1.165) is 41.7 Å². The smallest absolute Gasteiger partial charge is 0.165 e. The lowest BCUT2D eigenvalue weighted by molar-refractivity contribution is 0.477. The number of aryl methyl sites for hydroxylation is 1. The first-order chi connectivity index (χ1) is 14.2. The van der Waals surface area contributed by atoms with Crippen molar-refractivity contribution in [1.82, 2.24) is 9.97 Å². The second-order valence-corrected chi connectivity index (χ2v) is 7.67. The Morgan fingerprint density at radius 3 is 2.55 bits per heavy atom. The van der Waals surface area contributed by atoms with E-state index in [-0.39, 0.29) is 5.75 Å². The van der Waals surface area contributed by atoms with Gasteiger partial charge in [-0.3, -0.25) is 0 Å². The van der Waals surface area contributed by atoms with Crippen LogP contribution < -0.4 is 4.90 Å². The molecule has 1 N–H and O–H groups in total. The number of anilines is 1. The van der Waals surface area contributed by atoms with Crippen LogP contribution in [0.4, 0.5) is 5.82 Å². The summed E-state index contributed by atoms with van der Waals surface area (Å²) in [6.45, 7) is 3.03. The molecule has 0 saturated carbocycles. The van der Waals surface area contributed by atoms with Gasteiger partial charge in [-0.2, -0.15) is 0 Å². The zero-order valence-corrected chi connectivity index (χ0v) is 16.4. The van der Waals surface area contributed by atoms with Gasteiger partial charge in [0.15, 0.2) is 5.82 Å². The summed E-state index contributed by atoms with van der Waals surface area (Å²) in [4.78, 5) is 12.2. The van der Waals surface area contributed by atoms with Crippen LogP contribution >= 0.6 is 0 Å². The van der Waals surface area contributed by atoms with Crippen molar-refractivity contribution in [3.05, 3.63) is 83.9 Å². The number of rotatable bonds is 3. The van der Waals surface area contributed by atoms with Crippen molar-refractivity contribution in [3.63, 3.8) is 0 Å². The summed E-state index contributed by atoms with van der Waals surface area (Å²) in [5, 5.41) is 11.4. The van der Waals surface area contributed by atoms with Crippen molar-refractivity contribution in [2.75, 3.05) is 11.4 Å². The SMILES string of the molecule is Cc1ccc2c(N3CCCC3c3ccccc3)nc(-c3ccccc3O)nc2c1. The molecule has 3 aromatic carbocycles. The first-order valence-electron chi connectivity index (χ1n) is 10.1. The lowest BCUT2D eigenvalue weighted by Crippen LogP contribution is -2.24. The zero-order chi connectivity index (χ0) is 19.8. The third-order valence-corrected chi connectivity index (χ3v) is 5.69. The number of fused-ring (bicyclic) bond motifs is 1. The van der Waals surface area contributed by atoms with Gasteiger partial charge in [-0.05, 0) is 55.2 Å². The van der Waals surface area contributed by atoms with Gasteiger partial charge in [0.05, 0.1) is 17.1 Å². The molecule has 1 unspecified atom stereocenters. The van der Waals surface area contributed by atoms with Crippen LogP contribution in [0.5, 0.6) is 5.75 Å². The van der Waals surface area contributed by atoms with E-state index in [4.69, 9.17) is 9.97 Å². The number of benzene rings is 3. The number of nitrogens with zero attached hydrogens (tertiary/aromatic N) is 3. The highest BCUT2D eigenvalue weighted by atomic mass is 16.3. The van der Waals surface area contributed by atoms with E-state index in [0.29, 0.717) is 17.4 Å². The Hall–Kier alpha value is -3.40. The monoisotopic (exact) mass is 381 g/mol. The largest absolute Gasteiger partial charge is 0.507 e. The van der Waals surface area contributed by atoms with E-state index in [1.54, 1.807) is 6.07 Å². The molecule has 1 atom stereocenters. The molecule has 2 heterocycles. The molecule has 144 valence electrons. The van der Waals surface area contributed by atoms with Crippen LogP contribution in [-0.2, 0) is 0 Å². The molecule has 5 rings (SSSR count). The number of aromatic hydroxyl groups is 1. The fourth-order valence-electron chi connectivity index (χ4n) is 4.27. The van der Waals surface area contributed by atoms with E-state index in [9.17, 15) is 5.11 Å². The van der Waals surface area contributed by atoms with Crippen molar-refractivity contribution in [2.45, 2.75) is 25.8 Å². The van der Waals surface area contributed by atoms with E-state index >= 15 is 0 Å². The molecule has 1 fully saturated rings. The third-order valence-electron chi connectivity index (χ3n) is 5.69. The minimum absolute atomic E-state index is 0.200. The Morgan fingerprint density at radius 1 is 0.931 bits per heavy atom. The summed E-state index contributed by atoms with van der Waals surface area (Å²) in [5.41, 5.74) is 4.04. The highest BCUT2D eigenvalue weighted by molar-refractivity contribution is 5.92. The Bertz CT molecular complexity index is 1170. The maximum absolute atomic E-state index is 10.4. The van der Waals surface area contributed by atoms with Crippen LogP contribution in [-0.4, -0.2) is 21.6 Å². The molecule has 0 bridgehead atoms. The zero-order valence-electron chi connectivity index (χ0n) is 16.4. The molecule has 0 spiro atoms. The number of hydrogen-bond acceptors (Lipinski definition) is 4. The Labute approximate surface area is 170 Å². The van der Waals surface area contributed by atoms with Gasteiger partial charge in [0.2, 0.25) is 0 Å². The summed E-state index contributed by atoms with van der Waals surface area (Å²) < 4.78 is 0. The lowest BCUT2D eigenvalue weighted by atomic mass is 10.0. The molecule has 0 radical (unpaired) electrons. The summed E-state index contributed by atoms with van der Waals surface area (Å²) >= 11 is 0. The van der Waals surface area contributed by atoms with Gasteiger partial charge in [0, 0.05) is 11.9 Å². The van der Waals surface area contributed by atoms with Crippen LogP contribution in [0.25, 0.3) is 22.3 Å². The van der Waals surface area contributed by atoms with E-state index < -0.39 is 0 Å². The molecule has 29 heavy (non-hydrogen) atoms. The lowest BCUT2D eigenvalue weighted by Gasteiger charge is -2.27. The molecular weight excluding hydrogens is 358 g/mol. The first-order valence-corrected chi connectivity index (χ1v) is 10.1. The van der Waals surface area contributed by atoms with Crippen molar-refractivity contribution in [2.24, 2.45) is 0 Å². The molecule has 0 amide bonds. The average molecular weight is 381 g/mol. The van der Waals surface area contributed by atoms with Gasteiger partial charge in [0.1, 0.15) is 11.6 Å². The van der Waals surface area contributed by atoms with Crippen molar-refractivity contribution < 1.29 is 5.11 Å². The molecule has 1 aliphatic rings. The Kier molecular flexibility index (Phi) is 4.39. The summed E-state index contributed by atoms with van der Waals surface area (Å²) in [6.07, 6.45) is 2.23. The van der Waals surface area contributed by atoms with Crippen molar-refractivity contribution >= 4 is 16.7 Å². The average Bonchev–Trinajstić information content (AvgIpc) is 3.23. The summed E-state index contributed by atoms with van der Waals surface area (Å²) in [7, 11) is 0. The fraction of sp³-hybridized carbons (Fsp3) is 0.200. The molecule has 4 heteroatoms. The van der Waals surface area contributed by atoms with E-state index in [1.807, 2.05) is 18.2 Å². The number of aromatic nitrogens is 2. The normalized spacial score (nSPS) is 16.4. The van der Waals surface area contributed by atoms with Gasteiger partial charge in [-0.1, -0.05) is 48.5 Å². The third kappa shape index (κ3) is 3.21. The minimum atomic E-state index is 0.200. The standard InChI is InChI=1S/C25H23N3O/c1-17-13-14-19-21(16-17)26-24(20-10-5-6-12-23(20)29)27-25(19)28-15-7-11-22(28)18-8-3-2-4-9-18/h2-6,8-10,12-14,16,22,29H,7,11,15H2,1H3. The quantitative estimate of drug-likeness (QED) is 0.498. The molecular formula is C25H23N3O. The topological polar surface area (TPSA) is 49.2 Å². The number of para-hydroxylation sites is 1. The minimum Gasteiger partial charge on any atom is -0.507 e. The van der Waals surface area contributed by atoms with Gasteiger partial charge in [-0.15, -0.1) is 0 Å². The van der Waals surface area contributed by atoms with Crippen LogP contribution in [0.3, 0.4) is 0 Å². The second kappa shape index (κ2) is 7.21.